The van der Waals surface area contributed by atoms with E-state index in [0.717, 1.165) is 17.4 Å². The molecule has 0 atom stereocenters. The molecule has 15 heavy (non-hydrogen) atoms. The maximum Gasteiger partial charge on any atom is 0.188 e. The Kier molecular flexibility index (Phi) is 2.14. The SMILES string of the molecule is c1ccc(Nc2nc3c(s2)CCC3)nc1. The van der Waals surface area contributed by atoms with Crippen LogP contribution in [-0.2, 0) is 12.8 Å². The summed E-state index contributed by atoms with van der Waals surface area (Å²) < 4.78 is 0. The number of hydrogen-bond donors (Lipinski definition) is 1. The van der Waals surface area contributed by atoms with Gasteiger partial charge in [-0.25, -0.2) is 9.97 Å². The van der Waals surface area contributed by atoms with Crippen LogP contribution in [-0.4, -0.2) is 9.97 Å². The molecule has 0 aromatic carbocycles. The Hall–Kier alpha value is -1.42. The highest BCUT2D eigenvalue weighted by atomic mass is 32.1. The third-order valence-electron chi connectivity index (χ3n) is 2.50. The van der Waals surface area contributed by atoms with Gasteiger partial charge in [-0.2, -0.15) is 0 Å². The monoisotopic (exact) mass is 217 g/mol. The zero-order valence-electron chi connectivity index (χ0n) is 8.23. The number of pyridine rings is 1. The van der Waals surface area contributed by atoms with Gasteiger partial charge in [-0.15, -0.1) is 11.3 Å². The first-order valence-electron chi connectivity index (χ1n) is 5.08. The lowest BCUT2D eigenvalue weighted by atomic mass is 10.4. The molecule has 3 nitrogen and oxygen atoms in total. The van der Waals surface area contributed by atoms with E-state index in [1.807, 2.05) is 18.2 Å². The van der Waals surface area contributed by atoms with Crippen LogP contribution < -0.4 is 5.32 Å². The summed E-state index contributed by atoms with van der Waals surface area (Å²) in [5, 5.41) is 4.20. The predicted molar refractivity (Wildman–Crippen MR) is 61.7 cm³/mol. The molecule has 1 aliphatic carbocycles. The number of nitrogens with one attached hydrogen (secondary N) is 1. The highest BCUT2D eigenvalue weighted by Crippen LogP contribution is 2.31. The third-order valence-corrected chi connectivity index (χ3v) is 3.57. The summed E-state index contributed by atoms with van der Waals surface area (Å²) in [6.45, 7) is 0. The molecule has 0 unspecified atom stereocenters. The van der Waals surface area contributed by atoms with Crippen molar-refractivity contribution in [1.29, 1.82) is 0 Å². The lowest BCUT2D eigenvalue weighted by Crippen LogP contribution is -1.92. The van der Waals surface area contributed by atoms with Crippen LogP contribution in [0, 0.1) is 0 Å². The summed E-state index contributed by atoms with van der Waals surface area (Å²) in [4.78, 5) is 10.2. The standard InChI is InChI=1S/C11H11N3S/c1-2-7-12-10(6-1)14-11-13-8-4-3-5-9(8)15-11/h1-2,6-7H,3-5H2,(H,12,13,14). The average molecular weight is 217 g/mol. The number of aryl methyl sites for hydroxylation is 2. The van der Waals surface area contributed by atoms with E-state index in [4.69, 9.17) is 0 Å². The molecule has 0 amide bonds. The van der Waals surface area contributed by atoms with Crippen LogP contribution in [0.2, 0.25) is 0 Å². The van der Waals surface area contributed by atoms with Gasteiger partial charge in [-0.05, 0) is 31.4 Å². The van der Waals surface area contributed by atoms with Crippen molar-refractivity contribution in [2.24, 2.45) is 0 Å². The van der Waals surface area contributed by atoms with Crippen molar-refractivity contribution >= 4 is 22.3 Å². The van der Waals surface area contributed by atoms with Gasteiger partial charge in [0.25, 0.3) is 0 Å². The summed E-state index contributed by atoms with van der Waals surface area (Å²) in [5.74, 6) is 0.866. The molecule has 0 bridgehead atoms. The summed E-state index contributed by atoms with van der Waals surface area (Å²) in [5.41, 5.74) is 1.28. The second kappa shape index (κ2) is 3.62. The van der Waals surface area contributed by atoms with Gasteiger partial charge in [-0.1, -0.05) is 6.07 Å². The minimum absolute atomic E-state index is 0.866. The fourth-order valence-electron chi connectivity index (χ4n) is 1.79. The van der Waals surface area contributed by atoms with Gasteiger partial charge in [0, 0.05) is 11.1 Å². The fourth-order valence-corrected chi connectivity index (χ4v) is 2.85. The van der Waals surface area contributed by atoms with Gasteiger partial charge in [0.15, 0.2) is 5.13 Å². The molecule has 0 spiro atoms. The van der Waals surface area contributed by atoms with Crippen molar-refractivity contribution in [1.82, 2.24) is 9.97 Å². The first-order chi connectivity index (χ1) is 7.42. The summed E-state index contributed by atoms with van der Waals surface area (Å²) in [7, 11) is 0. The van der Waals surface area contributed by atoms with Crippen LogP contribution in [0.1, 0.15) is 17.0 Å². The van der Waals surface area contributed by atoms with Crippen LogP contribution in [0.5, 0.6) is 0 Å². The van der Waals surface area contributed by atoms with Gasteiger partial charge < -0.3 is 5.32 Å². The van der Waals surface area contributed by atoms with E-state index < -0.39 is 0 Å². The number of nitrogens with zero attached hydrogens (tertiary/aromatic N) is 2. The lowest BCUT2D eigenvalue weighted by Gasteiger charge is -1.99. The molecule has 0 aliphatic heterocycles. The largest absolute Gasteiger partial charge is 0.316 e. The van der Waals surface area contributed by atoms with Crippen molar-refractivity contribution in [3.8, 4) is 0 Å². The Bertz CT molecular complexity index is 442. The first-order valence-corrected chi connectivity index (χ1v) is 5.90. The zero-order valence-corrected chi connectivity index (χ0v) is 9.05. The molecule has 0 saturated carbocycles. The number of anilines is 2. The van der Waals surface area contributed by atoms with Gasteiger partial charge in [0.1, 0.15) is 5.82 Å². The van der Waals surface area contributed by atoms with Crippen molar-refractivity contribution in [3.05, 3.63) is 35.0 Å². The van der Waals surface area contributed by atoms with Crippen LogP contribution in [0.4, 0.5) is 10.9 Å². The van der Waals surface area contributed by atoms with E-state index in [9.17, 15) is 0 Å². The van der Waals surface area contributed by atoms with E-state index >= 15 is 0 Å². The molecule has 2 aromatic rings. The van der Waals surface area contributed by atoms with E-state index in [1.165, 1.54) is 23.4 Å². The molecule has 0 fully saturated rings. The maximum absolute atomic E-state index is 4.55. The number of aromatic nitrogens is 2. The van der Waals surface area contributed by atoms with Gasteiger partial charge in [0.2, 0.25) is 0 Å². The first kappa shape index (κ1) is 8.85. The number of thiazole rings is 1. The second-order valence-corrected chi connectivity index (χ2v) is 4.67. The summed E-state index contributed by atoms with van der Waals surface area (Å²) in [6, 6.07) is 5.83. The average Bonchev–Trinajstić information content (AvgIpc) is 2.79. The predicted octanol–water partition coefficient (Wildman–Crippen LogP) is 2.77. The Morgan fingerprint density at radius 1 is 1.27 bits per heavy atom. The normalized spacial score (nSPS) is 13.9. The lowest BCUT2D eigenvalue weighted by molar-refractivity contribution is 0.900. The molecule has 4 heteroatoms. The van der Waals surface area contributed by atoms with Crippen LogP contribution >= 0.6 is 11.3 Å². The third kappa shape index (κ3) is 1.72. The minimum atomic E-state index is 0.866. The molecule has 1 aliphatic rings. The quantitative estimate of drug-likeness (QED) is 0.840. The van der Waals surface area contributed by atoms with Crippen molar-refractivity contribution < 1.29 is 0 Å². The van der Waals surface area contributed by atoms with Crippen molar-refractivity contribution in [2.75, 3.05) is 5.32 Å². The smallest absolute Gasteiger partial charge is 0.188 e. The molecule has 2 heterocycles. The van der Waals surface area contributed by atoms with E-state index in [-0.39, 0.29) is 0 Å². The number of fused-ring (bicyclic) bond motifs is 1. The Balaban J connectivity index is 1.83. The molecule has 2 aromatic heterocycles. The van der Waals surface area contributed by atoms with Crippen molar-refractivity contribution in [2.45, 2.75) is 19.3 Å². The highest BCUT2D eigenvalue weighted by Gasteiger charge is 2.16. The Morgan fingerprint density at radius 2 is 2.27 bits per heavy atom. The summed E-state index contributed by atoms with van der Waals surface area (Å²) in [6.07, 6.45) is 5.37. The molecule has 0 radical (unpaired) electrons. The molecule has 0 saturated heterocycles. The van der Waals surface area contributed by atoms with E-state index in [2.05, 4.69) is 15.3 Å². The van der Waals surface area contributed by atoms with Gasteiger partial charge in [0.05, 0.1) is 5.69 Å². The number of hydrogen-bond acceptors (Lipinski definition) is 4. The van der Waals surface area contributed by atoms with Crippen LogP contribution in [0.3, 0.4) is 0 Å². The molecular weight excluding hydrogens is 206 g/mol. The highest BCUT2D eigenvalue weighted by molar-refractivity contribution is 7.15. The molecular formula is C11H11N3S. The number of rotatable bonds is 2. The van der Waals surface area contributed by atoms with Gasteiger partial charge >= 0.3 is 0 Å². The van der Waals surface area contributed by atoms with Crippen LogP contribution in [0.25, 0.3) is 0 Å². The Labute approximate surface area is 92.2 Å². The van der Waals surface area contributed by atoms with Crippen molar-refractivity contribution in [3.63, 3.8) is 0 Å². The zero-order chi connectivity index (χ0) is 10.1. The minimum Gasteiger partial charge on any atom is -0.316 e. The van der Waals surface area contributed by atoms with E-state index in [1.54, 1.807) is 17.5 Å². The molecule has 76 valence electrons. The molecule has 1 N–H and O–H groups in total. The topological polar surface area (TPSA) is 37.8 Å². The van der Waals surface area contributed by atoms with Crippen LogP contribution in [0.15, 0.2) is 24.4 Å². The maximum atomic E-state index is 4.55. The summed E-state index contributed by atoms with van der Waals surface area (Å²) >= 11 is 1.75. The molecule has 3 rings (SSSR count). The fraction of sp³-hybridized carbons (Fsp3) is 0.273. The second-order valence-electron chi connectivity index (χ2n) is 3.58. The van der Waals surface area contributed by atoms with E-state index in [0.29, 0.717) is 0 Å². The van der Waals surface area contributed by atoms with Gasteiger partial charge in [-0.3, -0.25) is 0 Å². The Morgan fingerprint density at radius 3 is 3.07 bits per heavy atom.